The number of rotatable bonds is 6. The molecule has 0 unspecified atom stereocenters. The number of hydrogen-bond acceptors (Lipinski definition) is 5. The summed E-state index contributed by atoms with van der Waals surface area (Å²) in [4.78, 5) is 29.6. The van der Waals surface area contributed by atoms with Crippen LogP contribution in [0.1, 0.15) is 5.69 Å². The monoisotopic (exact) mass is 373 g/mol. The molecule has 0 radical (unpaired) electrons. The van der Waals surface area contributed by atoms with E-state index in [0.717, 1.165) is 31.9 Å². The number of carbonyl (C=O) groups is 1. The second-order valence-electron chi connectivity index (χ2n) is 6.83. The number of anilines is 1. The van der Waals surface area contributed by atoms with Gasteiger partial charge in [-0.15, -0.1) is 0 Å². The lowest BCUT2D eigenvalue weighted by molar-refractivity contribution is -0.117. The molecule has 8 heteroatoms. The van der Waals surface area contributed by atoms with E-state index in [4.69, 9.17) is 5.11 Å². The van der Waals surface area contributed by atoms with Gasteiger partial charge in [0.2, 0.25) is 5.91 Å². The molecule has 1 aliphatic heterocycles. The average Bonchev–Trinajstić information content (AvgIpc) is 2.87. The van der Waals surface area contributed by atoms with E-state index in [9.17, 15) is 9.59 Å². The van der Waals surface area contributed by atoms with Gasteiger partial charge in [0.05, 0.1) is 24.5 Å². The van der Waals surface area contributed by atoms with E-state index < -0.39 is 0 Å². The number of aromatic nitrogens is 2. The Morgan fingerprint density at radius 2 is 1.74 bits per heavy atom. The number of amides is 1. The van der Waals surface area contributed by atoms with Gasteiger partial charge in [0.1, 0.15) is 5.69 Å². The van der Waals surface area contributed by atoms with E-state index in [2.05, 4.69) is 15.1 Å². The van der Waals surface area contributed by atoms with Gasteiger partial charge in [0, 0.05) is 39.8 Å². The van der Waals surface area contributed by atoms with Gasteiger partial charge in [-0.05, 0) is 19.1 Å². The topological polar surface area (TPSA) is 82.7 Å². The Labute approximate surface area is 158 Å². The zero-order valence-electron chi connectivity index (χ0n) is 15.9. The van der Waals surface area contributed by atoms with Gasteiger partial charge in [-0.1, -0.05) is 18.2 Å². The molecule has 0 bridgehead atoms. The zero-order chi connectivity index (χ0) is 19.4. The molecule has 0 saturated carbocycles. The number of carbonyl (C=O) groups excluding carboxylic acids is 1. The van der Waals surface area contributed by atoms with E-state index >= 15 is 0 Å². The summed E-state index contributed by atoms with van der Waals surface area (Å²) in [5, 5.41) is 11.8. The number of nitrogens with zero attached hydrogens (tertiary/aromatic N) is 4. The third-order valence-corrected chi connectivity index (χ3v) is 5.07. The van der Waals surface area contributed by atoms with Crippen molar-refractivity contribution in [1.29, 1.82) is 0 Å². The fraction of sp³-hybridized carbons (Fsp3) is 0.474. The summed E-state index contributed by atoms with van der Waals surface area (Å²) in [6.07, 6.45) is 0. The summed E-state index contributed by atoms with van der Waals surface area (Å²) >= 11 is 0. The summed E-state index contributed by atoms with van der Waals surface area (Å²) in [7, 11) is 1.81. The van der Waals surface area contributed by atoms with E-state index in [1.54, 1.807) is 16.4 Å². The SMILES string of the molecule is Cc1c(NC(=O)CN2CCN(CCO)CC2)c(=O)n(-c2ccccc2)n1C. The molecule has 1 amide bonds. The number of para-hydroxylation sites is 1. The van der Waals surface area contributed by atoms with Crippen LogP contribution in [0.25, 0.3) is 5.69 Å². The van der Waals surface area contributed by atoms with Crippen LogP contribution in [0.3, 0.4) is 0 Å². The van der Waals surface area contributed by atoms with Crippen LogP contribution in [0, 0.1) is 6.92 Å². The molecule has 2 N–H and O–H groups in total. The number of nitrogens with one attached hydrogen (secondary N) is 1. The first-order chi connectivity index (χ1) is 13.0. The van der Waals surface area contributed by atoms with Crippen molar-refractivity contribution in [2.45, 2.75) is 6.92 Å². The number of hydrogen-bond donors (Lipinski definition) is 2. The quantitative estimate of drug-likeness (QED) is 0.747. The minimum Gasteiger partial charge on any atom is -0.395 e. The Kier molecular flexibility index (Phi) is 6.10. The predicted molar refractivity (Wildman–Crippen MR) is 104 cm³/mol. The van der Waals surface area contributed by atoms with Gasteiger partial charge < -0.3 is 10.4 Å². The Hall–Kier alpha value is -2.42. The Morgan fingerprint density at radius 1 is 1.11 bits per heavy atom. The summed E-state index contributed by atoms with van der Waals surface area (Å²) in [5.74, 6) is -0.184. The molecule has 0 spiro atoms. The molecule has 27 heavy (non-hydrogen) atoms. The van der Waals surface area contributed by atoms with E-state index in [-0.39, 0.29) is 24.6 Å². The molecule has 1 saturated heterocycles. The van der Waals surface area contributed by atoms with Crippen molar-refractivity contribution < 1.29 is 9.90 Å². The van der Waals surface area contributed by atoms with Crippen molar-refractivity contribution in [1.82, 2.24) is 19.2 Å². The summed E-state index contributed by atoms with van der Waals surface area (Å²) < 4.78 is 3.31. The van der Waals surface area contributed by atoms with Gasteiger partial charge >= 0.3 is 0 Å². The van der Waals surface area contributed by atoms with Crippen LogP contribution in [0.15, 0.2) is 35.1 Å². The standard InChI is InChI=1S/C19H27N5O3/c1-15-18(19(27)24(21(15)2)16-6-4-3-5-7-16)20-17(26)14-23-10-8-22(9-11-23)12-13-25/h3-7,25H,8-14H2,1-2H3,(H,20,26). The number of benzene rings is 1. The number of β-amino-alcohol motifs (C(OH)–C–C–N with tert-alkyl or cyclic N) is 1. The normalized spacial score (nSPS) is 15.8. The Bertz CT molecular complexity index is 835. The van der Waals surface area contributed by atoms with E-state index in [1.807, 2.05) is 37.3 Å². The molecule has 1 aromatic carbocycles. The molecular weight excluding hydrogens is 346 g/mol. The minimum atomic E-state index is -0.234. The average molecular weight is 373 g/mol. The molecule has 0 aliphatic carbocycles. The molecule has 2 aromatic rings. The second kappa shape index (κ2) is 8.51. The molecular formula is C19H27N5O3. The molecule has 1 fully saturated rings. The van der Waals surface area contributed by atoms with Crippen LogP contribution >= 0.6 is 0 Å². The first-order valence-corrected chi connectivity index (χ1v) is 9.20. The third-order valence-electron chi connectivity index (χ3n) is 5.07. The lowest BCUT2D eigenvalue weighted by Gasteiger charge is -2.33. The molecule has 0 atom stereocenters. The smallest absolute Gasteiger partial charge is 0.295 e. The fourth-order valence-corrected chi connectivity index (χ4v) is 3.41. The first kappa shape index (κ1) is 19.3. The molecule has 1 aromatic heterocycles. The largest absolute Gasteiger partial charge is 0.395 e. The maximum Gasteiger partial charge on any atom is 0.295 e. The van der Waals surface area contributed by atoms with Crippen molar-refractivity contribution >= 4 is 11.6 Å². The lowest BCUT2D eigenvalue weighted by atomic mass is 10.3. The number of aliphatic hydroxyl groups excluding tert-OH is 1. The fourth-order valence-electron chi connectivity index (χ4n) is 3.41. The molecule has 8 nitrogen and oxygen atoms in total. The summed E-state index contributed by atoms with van der Waals surface area (Å²) in [6, 6.07) is 9.36. The van der Waals surface area contributed by atoms with Crippen LogP contribution in [-0.2, 0) is 11.8 Å². The maximum atomic E-state index is 12.8. The van der Waals surface area contributed by atoms with E-state index in [0.29, 0.717) is 17.9 Å². The molecule has 146 valence electrons. The van der Waals surface area contributed by atoms with Crippen molar-refractivity contribution in [3.8, 4) is 5.69 Å². The third kappa shape index (κ3) is 4.29. The highest BCUT2D eigenvalue weighted by Crippen LogP contribution is 2.14. The van der Waals surface area contributed by atoms with Crippen LogP contribution < -0.4 is 10.9 Å². The van der Waals surface area contributed by atoms with E-state index in [1.165, 1.54) is 0 Å². The Balaban J connectivity index is 1.68. The minimum absolute atomic E-state index is 0.154. The van der Waals surface area contributed by atoms with Crippen molar-refractivity contribution in [3.63, 3.8) is 0 Å². The lowest BCUT2D eigenvalue weighted by Crippen LogP contribution is -2.49. The number of piperazine rings is 1. The van der Waals surface area contributed by atoms with Crippen LogP contribution in [-0.4, -0.2) is 76.1 Å². The van der Waals surface area contributed by atoms with Crippen LogP contribution in [0.2, 0.25) is 0 Å². The zero-order valence-corrected chi connectivity index (χ0v) is 15.9. The second-order valence-corrected chi connectivity index (χ2v) is 6.83. The maximum absolute atomic E-state index is 12.8. The Morgan fingerprint density at radius 3 is 2.37 bits per heavy atom. The predicted octanol–water partition coefficient (Wildman–Crippen LogP) is 0.0328. The highest BCUT2D eigenvalue weighted by Gasteiger charge is 2.21. The van der Waals surface area contributed by atoms with Gasteiger partial charge in [0.25, 0.3) is 5.56 Å². The highest BCUT2D eigenvalue weighted by atomic mass is 16.3. The van der Waals surface area contributed by atoms with Crippen molar-refractivity contribution in [2.24, 2.45) is 7.05 Å². The van der Waals surface area contributed by atoms with Gasteiger partial charge in [-0.25, -0.2) is 4.68 Å². The van der Waals surface area contributed by atoms with Crippen LogP contribution in [0.5, 0.6) is 0 Å². The first-order valence-electron chi connectivity index (χ1n) is 9.20. The van der Waals surface area contributed by atoms with Crippen molar-refractivity contribution in [3.05, 3.63) is 46.4 Å². The highest BCUT2D eigenvalue weighted by molar-refractivity contribution is 5.92. The summed E-state index contributed by atoms with van der Waals surface area (Å²) in [6.45, 7) is 6.11. The van der Waals surface area contributed by atoms with Gasteiger partial charge in [-0.2, -0.15) is 0 Å². The van der Waals surface area contributed by atoms with Gasteiger partial charge in [-0.3, -0.25) is 24.1 Å². The molecule has 2 heterocycles. The van der Waals surface area contributed by atoms with Crippen LogP contribution in [0.4, 0.5) is 5.69 Å². The van der Waals surface area contributed by atoms with Gasteiger partial charge in [0.15, 0.2) is 0 Å². The number of aliphatic hydroxyl groups is 1. The van der Waals surface area contributed by atoms with Crippen molar-refractivity contribution in [2.75, 3.05) is 51.2 Å². The molecule has 3 rings (SSSR count). The summed E-state index contributed by atoms with van der Waals surface area (Å²) in [5.41, 5.74) is 1.56. The molecule has 1 aliphatic rings.